The first-order chi connectivity index (χ1) is 13.9. The molecule has 7 nitrogen and oxygen atoms in total. The van der Waals surface area contributed by atoms with Crippen molar-refractivity contribution in [1.29, 1.82) is 0 Å². The van der Waals surface area contributed by atoms with Crippen LogP contribution in [0.1, 0.15) is 35.7 Å². The molecule has 0 spiro atoms. The van der Waals surface area contributed by atoms with Crippen molar-refractivity contribution >= 4 is 34.2 Å². The molecular weight excluding hydrogens is 401 g/mol. The minimum atomic E-state index is -1.33. The SMILES string of the molecule is COc1c(N2CC/C(=C(/Cl)CN)C2)c(F)cc2c(=O)c(C(=O)O)cn(C3CC3)c12. The molecule has 2 heterocycles. The van der Waals surface area contributed by atoms with Gasteiger partial charge in [0, 0.05) is 36.9 Å². The molecule has 1 aliphatic heterocycles. The van der Waals surface area contributed by atoms with Gasteiger partial charge < -0.3 is 25.0 Å². The van der Waals surface area contributed by atoms with Crippen molar-refractivity contribution in [3.05, 3.63) is 44.5 Å². The van der Waals surface area contributed by atoms with Crippen molar-refractivity contribution in [2.75, 3.05) is 31.6 Å². The number of pyridine rings is 1. The highest BCUT2D eigenvalue weighted by molar-refractivity contribution is 6.30. The van der Waals surface area contributed by atoms with Gasteiger partial charge in [-0.2, -0.15) is 0 Å². The van der Waals surface area contributed by atoms with Crippen molar-refractivity contribution in [3.8, 4) is 5.75 Å². The van der Waals surface area contributed by atoms with Gasteiger partial charge in [0.15, 0.2) is 11.6 Å². The van der Waals surface area contributed by atoms with Crippen LogP contribution >= 0.6 is 11.6 Å². The van der Waals surface area contributed by atoms with Gasteiger partial charge in [-0.3, -0.25) is 4.79 Å². The standard InChI is InChI=1S/C20H21ClFN3O4/c1-29-19-16-12(18(26)13(20(27)28)9-25(16)11-2-3-11)6-15(22)17(19)24-5-4-10(8-24)14(21)7-23/h6,9,11H,2-5,7-8,23H2,1H3,(H,27,28)/b14-10-. The lowest BCUT2D eigenvalue weighted by atomic mass is 10.1. The highest BCUT2D eigenvalue weighted by Gasteiger charge is 2.32. The molecule has 0 amide bonds. The summed E-state index contributed by atoms with van der Waals surface area (Å²) in [7, 11) is 1.42. The molecule has 0 atom stereocenters. The number of hydrogen-bond donors (Lipinski definition) is 2. The summed E-state index contributed by atoms with van der Waals surface area (Å²) in [5.74, 6) is -1.74. The van der Waals surface area contributed by atoms with E-state index >= 15 is 4.39 Å². The Labute approximate surface area is 171 Å². The lowest BCUT2D eigenvalue weighted by molar-refractivity contribution is 0.0695. The molecule has 1 aromatic carbocycles. The number of nitrogens with two attached hydrogens (primary N) is 1. The monoisotopic (exact) mass is 421 g/mol. The second kappa shape index (κ2) is 7.35. The Morgan fingerprint density at radius 2 is 2.17 bits per heavy atom. The highest BCUT2D eigenvalue weighted by atomic mass is 35.5. The van der Waals surface area contributed by atoms with E-state index in [-0.39, 0.29) is 35.0 Å². The average Bonchev–Trinajstić information content (AvgIpc) is 3.43. The smallest absolute Gasteiger partial charge is 0.341 e. The molecule has 0 bridgehead atoms. The van der Waals surface area contributed by atoms with Gasteiger partial charge in [0.25, 0.3) is 0 Å². The topological polar surface area (TPSA) is 97.8 Å². The summed E-state index contributed by atoms with van der Waals surface area (Å²) in [5.41, 5.74) is 6.13. The summed E-state index contributed by atoms with van der Waals surface area (Å²) in [6, 6.07) is 1.18. The second-order valence-corrected chi connectivity index (χ2v) is 7.79. The van der Waals surface area contributed by atoms with Crippen LogP contribution in [0, 0.1) is 5.82 Å². The summed E-state index contributed by atoms with van der Waals surface area (Å²) in [6.07, 6.45) is 3.71. The van der Waals surface area contributed by atoms with Gasteiger partial charge in [0.05, 0.1) is 18.0 Å². The molecule has 1 saturated heterocycles. The number of fused-ring (bicyclic) bond motifs is 1. The van der Waals surface area contributed by atoms with E-state index in [9.17, 15) is 14.7 Å². The Morgan fingerprint density at radius 3 is 2.76 bits per heavy atom. The van der Waals surface area contributed by atoms with Gasteiger partial charge in [-0.1, -0.05) is 11.6 Å². The molecule has 1 aliphatic carbocycles. The lowest BCUT2D eigenvalue weighted by Gasteiger charge is -2.24. The highest BCUT2D eigenvalue weighted by Crippen LogP contribution is 2.44. The molecule has 0 radical (unpaired) electrons. The van der Waals surface area contributed by atoms with E-state index in [0.29, 0.717) is 30.1 Å². The third-order valence-electron chi connectivity index (χ3n) is 5.52. The summed E-state index contributed by atoms with van der Waals surface area (Å²) in [4.78, 5) is 26.1. The van der Waals surface area contributed by atoms with Gasteiger partial charge in [0.2, 0.25) is 5.43 Å². The zero-order chi connectivity index (χ0) is 20.9. The van der Waals surface area contributed by atoms with E-state index in [1.54, 1.807) is 4.57 Å². The van der Waals surface area contributed by atoms with Crippen molar-refractivity contribution in [1.82, 2.24) is 4.57 Å². The number of nitrogens with zero attached hydrogens (tertiary/aromatic N) is 2. The van der Waals surface area contributed by atoms with Gasteiger partial charge in [-0.15, -0.1) is 0 Å². The van der Waals surface area contributed by atoms with Gasteiger partial charge in [-0.05, 0) is 30.9 Å². The van der Waals surface area contributed by atoms with Gasteiger partial charge >= 0.3 is 5.97 Å². The summed E-state index contributed by atoms with van der Waals surface area (Å²) in [5, 5.41) is 9.97. The number of halogens is 2. The molecule has 1 saturated carbocycles. The van der Waals surface area contributed by atoms with E-state index in [0.717, 1.165) is 24.5 Å². The average molecular weight is 422 g/mol. The Bertz CT molecular complexity index is 1110. The van der Waals surface area contributed by atoms with Gasteiger partial charge in [-0.25, -0.2) is 9.18 Å². The minimum Gasteiger partial charge on any atom is -0.492 e. The fraction of sp³-hybridized carbons (Fsp3) is 0.400. The molecule has 4 rings (SSSR count). The first-order valence-corrected chi connectivity index (χ1v) is 9.75. The first kappa shape index (κ1) is 19.7. The van der Waals surface area contributed by atoms with Crippen LogP contribution in [-0.4, -0.2) is 42.4 Å². The number of carbonyl (C=O) groups is 1. The van der Waals surface area contributed by atoms with Crippen molar-refractivity contribution in [2.24, 2.45) is 5.73 Å². The van der Waals surface area contributed by atoms with Crippen molar-refractivity contribution in [3.63, 3.8) is 0 Å². The molecular formula is C20H21ClFN3O4. The molecule has 2 fully saturated rings. The summed E-state index contributed by atoms with van der Waals surface area (Å²) < 4.78 is 22.5. The third kappa shape index (κ3) is 3.26. The summed E-state index contributed by atoms with van der Waals surface area (Å²) >= 11 is 6.18. The number of anilines is 1. The Morgan fingerprint density at radius 1 is 1.45 bits per heavy atom. The Balaban J connectivity index is 1.98. The van der Waals surface area contributed by atoms with E-state index in [4.69, 9.17) is 22.1 Å². The Kier molecular flexibility index (Phi) is 5.00. The quantitative estimate of drug-likeness (QED) is 0.770. The zero-order valence-electron chi connectivity index (χ0n) is 15.9. The normalized spacial score (nSPS) is 18.4. The van der Waals surface area contributed by atoms with E-state index < -0.39 is 17.2 Å². The minimum absolute atomic E-state index is 0.00449. The van der Waals surface area contributed by atoms with Gasteiger partial charge in [0.1, 0.15) is 11.3 Å². The zero-order valence-corrected chi connectivity index (χ0v) is 16.6. The lowest BCUT2D eigenvalue weighted by Crippen LogP contribution is -2.23. The van der Waals surface area contributed by atoms with E-state index in [2.05, 4.69) is 0 Å². The maximum atomic E-state index is 15.2. The predicted octanol–water partition coefficient (Wildman–Crippen LogP) is 2.84. The Hall–Kier alpha value is -2.58. The fourth-order valence-electron chi connectivity index (χ4n) is 3.94. The van der Waals surface area contributed by atoms with Crippen LogP contribution in [0.3, 0.4) is 0 Å². The van der Waals surface area contributed by atoms with Crippen LogP contribution < -0.4 is 20.8 Å². The number of carboxylic acid groups (broad SMARTS) is 1. The molecule has 2 aliphatic rings. The number of carboxylic acids is 1. The van der Waals surface area contributed by atoms with Crippen LogP contribution in [0.4, 0.5) is 10.1 Å². The number of aromatic nitrogens is 1. The van der Waals surface area contributed by atoms with Crippen LogP contribution in [0.15, 0.2) is 27.7 Å². The number of benzene rings is 1. The molecule has 29 heavy (non-hydrogen) atoms. The van der Waals surface area contributed by atoms with E-state index in [1.165, 1.54) is 13.3 Å². The molecule has 1 aromatic heterocycles. The largest absolute Gasteiger partial charge is 0.492 e. The molecule has 3 N–H and O–H groups in total. The molecule has 154 valence electrons. The van der Waals surface area contributed by atoms with Crippen LogP contribution in [0.5, 0.6) is 5.75 Å². The van der Waals surface area contributed by atoms with Crippen molar-refractivity contribution < 1.29 is 19.0 Å². The predicted molar refractivity (Wildman–Crippen MR) is 109 cm³/mol. The van der Waals surface area contributed by atoms with Crippen LogP contribution in [0.25, 0.3) is 10.9 Å². The number of methoxy groups -OCH3 is 1. The maximum absolute atomic E-state index is 15.2. The van der Waals surface area contributed by atoms with E-state index in [1.807, 2.05) is 4.90 Å². The molecule has 9 heteroatoms. The second-order valence-electron chi connectivity index (χ2n) is 7.34. The van der Waals surface area contributed by atoms with Crippen LogP contribution in [-0.2, 0) is 0 Å². The van der Waals surface area contributed by atoms with Crippen molar-refractivity contribution in [2.45, 2.75) is 25.3 Å². The number of ether oxygens (including phenoxy) is 1. The van der Waals surface area contributed by atoms with Crippen LogP contribution in [0.2, 0.25) is 0 Å². The number of rotatable bonds is 5. The number of aromatic carboxylic acids is 1. The third-order valence-corrected chi connectivity index (χ3v) is 5.94. The molecule has 0 unspecified atom stereocenters. The molecule has 2 aromatic rings. The maximum Gasteiger partial charge on any atom is 0.341 e. The number of hydrogen-bond acceptors (Lipinski definition) is 5. The summed E-state index contributed by atoms with van der Waals surface area (Å²) in [6.45, 7) is 1.17. The first-order valence-electron chi connectivity index (χ1n) is 9.37. The fourth-order valence-corrected chi connectivity index (χ4v) is 4.09.